The number of anilines is 1. The number of morpholine rings is 1. The van der Waals surface area contributed by atoms with Gasteiger partial charge < -0.3 is 14.4 Å². The largest absolute Gasteiger partial charge is 0.497 e. The minimum atomic E-state index is -0.332. The molecule has 0 saturated carbocycles. The van der Waals surface area contributed by atoms with Crippen molar-refractivity contribution in [3.63, 3.8) is 0 Å². The third kappa shape index (κ3) is 5.29. The molecule has 1 fully saturated rings. The van der Waals surface area contributed by atoms with Gasteiger partial charge in [-0.2, -0.15) is 0 Å². The predicted octanol–water partition coefficient (Wildman–Crippen LogP) is 3.81. The third-order valence-corrected chi connectivity index (χ3v) is 6.78. The summed E-state index contributed by atoms with van der Waals surface area (Å²) in [6.07, 6.45) is 2.39. The number of hydrogen-bond donors (Lipinski definition) is 0. The summed E-state index contributed by atoms with van der Waals surface area (Å²) < 4.78 is 10.6. The van der Waals surface area contributed by atoms with Crippen LogP contribution in [0, 0.1) is 0 Å². The van der Waals surface area contributed by atoms with Crippen LogP contribution in [0.4, 0.5) is 5.69 Å². The molecule has 1 unspecified atom stereocenters. The zero-order valence-corrected chi connectivity index (χ0v) is 19.6. The number of para-hydroxylation sites is 1. The highest BCUT2D eigenvalue weighted by molar-refractivity contribution is 8.15. The first-order valence-corrected chi connectivity index (χ1v) is 11.9. The summed E-state index contributed by atoms with van der Waals surface area (Å²) in [5, 5.41) is 0.181. The van der Waals surface area contributed by atoms with E-state index in [1.54, 1.807) is 18.1 Å². The van der Waals surface area contributed by atoms with E-state index in [0.717, 1.165) is 17.0 Å². The number of rotatable bonds is 6. The number of carbonyl (C=O) groups is 2. The van der Waals surface area contributed by atoms with Crippen molar-refractivity contribution in [2.75, 3.05) is 38.3 Å². The van der Waals surface area contributed by atoms with Crippen molar-refractivity contribution in [1.82, 2.24) is 4.90 Å². The molecule has 2 amide bonds. The molecule has 8 heteroatoms. The normalized spacial score (nSPS) is 18.4. The molecule has 172 valence electrons. The molecule has 1 atom stereocenters. The fourth-order valence-electron chi connectivity index (χ4n) is 3.66. The number of hydrogen-bond acceptors (Lipinski definition) is 6. The first kappa shape index (κ1) is 23.1. The van der Waals surface area contributed by atoms with Gasteiger partial charge in [-0.1, -0.05) is 49.0 Å². The lowest BCUT2D eigenvalue weighted by Crippen LogP contribution is -2.45. The molecule has 0 radical (unpaired) electrons. The third-order valence-electron chi connectivity index (χ3n) is 5.48. The Balaban J connectivity index is 1.63. The van der Waals surface area contributed by atoms with Crippen LogP contribution in [0.3, 0.4) is 0 Å². The molecule has 0 aromatic heterocycles. The molecule has 2 heterocycles. The van der Waals surface area contributed by atoms with Gasteiger partial charge in [0.2, 0.25) is 5.91 Å². The number of amides is 2. The number of aliphatic imine (C=N–C) groups is 1. The van der Waals surface area contributed by atoms with Crippen molar-refractivity contribution in [2.24, 2.45) is 4.99 Å². The van der Waals surface area contributed by atoms with E-state index in [-0.39, 0.29) is 17.1 Å². The van der Waals surface area contributed by atoms with Crippen molar-refractivity contribution in [1.29, 1.82) is 0 Å². The first-order valence-electron chi connectivity index (χ1n) is 11.0. The maximum atomic E-state index is 13.4. The Labute approximate surface area is 198 Å². The van der Waals surface area contributed by atoms with E-state index >= 15 is 0 Å². The molecule has 33 heavy (non-hydrogen) atoms. The average Bonchev–Trinajstić information content (AvgIpc) is 3.17. The van der Waals surface area contributed by atoms with Gasteiger partial charge in [-0.25, -0.2) is 4.99 Å². The van der Waals surface area contributed by atoms with E-state index in [1.165, 1.54) is 11.8 Å². The number of thioether (sulfide) groups is 1. The Kier molecular flexibility index (Phi) is 7.47. The molecule has 0 bridgehead atoms. The summed E-state index contributed by atoms with van der Waals surface area (Å²) in [5.74, 6) is 0.586. The Morgan fingerprint density at radius 3 is 2.48 bits per heavy atom. The Morgan fingerprint density at radius 1 is 1.15 bits per heavy atom. The molecule has 0 spiro atoms. The lowest BCUT2D eigenvalue weighted by Gasteiger charge is -2.30. The van der Waals surface area contributed by atoms with Crippen LogP contribution in [0.15, 0.2) is 65.3 Å². The van der Waals surface area contributed by atoms with Gasteiger partial charge in [0.1, 0.15) is 11.4 Å². The predicted molar refractivity (Wildman–Crippen MR) is 131 cm³/mol. The minimum Gasteiger partial charge on any atom is -0.497 e. The Morgan fingerprint density at radius 2 is 1.85 bits per heavy atom. The van der Waals surface area contributed by atoms with Gasteiger partial charge in [0.05, 0.1) is 31.3 Å². The van der Waals surface area contributed by atoms with Gasteiger partial charge in [0.25, 0.3) is 5.91 Å². The molecule has 4 rings (SSSR count). The second kappa shape index (κ2) is 10.7. The maximum absolute atomic E-state index is 13.4. The number of nitrogens with zero attached hydrogens (tertiary/aromatic N) is 3. The molecule has 2 aromatic rings. The molecule has 2 aromatic carbocycles. The van der Waals surface area contributed by atoms with E-state index in [9.17, 15) is 9.59 Å². The summed E-state index contributed by atoms with van der Waals surface area (Å²) in [6.45, 7) is 4.27. The van der Waals surface area contributed by atoms with Crippen LogP contribution in [-0.2, 0) is 14.3 Å². The molecule has 2 aliphatic heterocycles. The fraction of sp³-hybridized carbons (Fsp3) is 0.320. The highest BCUT2D eigenvalue weighted by Gasteiger charge is 2.36. The van der Waals surface area contributed by atoms with Gasteiger partial charge in [-0.15, -0.1) is 0 Å². The zero-order valence-electron chi connectivity index (χ0n) is 18.8. The van der Waals surface area contributed by atoms with Gasteiger partial charge >= 0.3 is 0 Å². The van der Waals surface area contributed by atoms with E-state index in [1.807, 2.05) is 66.4 Å². The Bertz CT molecular complexity index is 1050. The monoisotopic (exact) mass is 465 g/mol. The molecular formula is C25H27N3O4S. The van der Waals surface area contributed by atoms with Crippen molar-refractivity contribution in [3.8, 4) is 5.75 Å². The number of ether oxygens (including phenoxy) is 2. The quantitative estimate of drug-likeness (QED) is 0.607. The van der Waals surface area contributed by atoms with Gasteiger partial charge in [-0.3, -0.25) is 14.5 Å². The molecule has 2 aliphatic rings. The number of carbonyl (C=O) groups excluding carboxylic acids is 2. The maximum Gasteiger partial charge on any atom is 0.283 e. The van der Waals surface area contributed by atoms with Gasteiger partial charge in [-0.05, 0) is 42.3 Å². The topological polar surface area (TPSA) is 71.4 Å². The van der Waals surface area contributed by atoms with Crippen LogP contribution in [0.25, 0.3) is 6.08 Å². The number of amidine groups is 1. The molecule has 7 nitrogen and oxygen atoms in total. The van der Waals surface area contributed by atoms with E-state index in [0.29, 0.717) is 43.6 Å². The van der Waals surface area contributed by atoms with Crippen LogP contribution < -0.4 is 9.64 Å². The van der Waals surface area contributed by atoms with E-state index in [4.69, 9.17) is 9.47 Å². The standard InChI is InChI=1S/C25H27N3O4S/c1-3-22(24(30)27-13-15-32-16-14-27)33-25-26-21(17-18-9-11-20(31-2)12-10-18)23(29)28(25)19-7-5-4-6-8-19/h4-12,17,22H,3,13-16H2,1-2H3/b21-17-. The fourth-order valence-corrected chi connectivity index (χ4v) is 4.78. The molecule has 1 saturated heterocycles. The molecule has 0 aliphatic carbocycles. The minimum absolute atomic E-state index is 0.0570. The van der Waals surface area contributed by atoms with Crippen molar-refractivity contribution >= 4 is 40.5 Å². The summed E-state index contributed by atoms with van der Waals surface area (Å²) in [7, 11) is 1.61. The average molecular weight is 466 g/mol. The van der Waals surface area contributed by atoms with Crippen molar-refractivity contribution in [3.05, 3.63) is 65.9 Å². The SMILES string of the molecule is CCC(SC1=N/C(=C\c2ccc(OC)cc2)C(=O)N1c1ccccc1)C(=O)N1CCOCC1. The first-order chi connectivity index (χ1) is 16.1. The summed E-state index contributed by atoms with van der Waals surface area (Å²) in [6, 6.07) is 16.8. The lowest BCUT2D eigenvalue weighted by atomic mass is 10.2. The second-order valence-corrected chi connectivity index (χ2v) is 8.80. The summed E-state index contributed by atoms with van der Waals surface area (Å²) >= 11 is 1.34. The van der Waals surface area contributed by atoms with Gasteiger partial charge in [0.15, 0.2) is 5.17 Å². The van der Waals surface area contributed by atoms with Crippen LogP contribution in [0.1, 0.15) is 18.9 Å². The summed E-state index contributed by atoms with van der Waals surface area (Å²) in [4.78, 5) is 34.6. The second-order valence-electron chi connectivity index (χ2n) is 7.63. The van der Waals surface area contributed by atoms with Gasteiger partial charge in [0, 0.05) is 13.1 Å². The molecule has 0 N–H and O–H groups in total. The van der Waals surface area contributed by atoms with Crippen LogP contribution in [0.5, 0.6) is 5.75 Å². The van der Waals surface area contributed by atoms with Crippen LogP contribution >= 0.6 is 11.8 Å². The zero-order chi connectivity index (χ0) is 23.2. The van der Waals surface area contributed by atoms with Crippen LogP contribution in [-0.4, -0.2) is 60.5 Å². The molecular weight excluding hydrogens is 438 g/mol. The number of methoxy groups -OCH3 is 1. The highest BCUT2D eigenvalue weighted by atomic mass is 32.2. The Hall–Kier alpha value is -3.10. The lowest BCUT2D eigenvalue weighted by molar-refractivity contribution is -0.134. The smallest absolute Gasteiger partial charge is 0.283 e. The van der Waals surface area contributed by atoms with E-state index in [2.05, 4.69) is 4.99 Å². The van der Waals surface area contributed by atoms with Crippen LogP contribution in [0.2, 0.25) is 0 Å². The van der Waals surface area contributed by atoms with Crippen molar-refractivity contribution < 1.29 is 19.1 Å². The number of benzene rings is 2. The highest BCUT2D eigenvalue weighted by Crippen LogP contribution is 2.32. The van der Waals surface area contributed by atoms with Crippen molar-refractivity contribution in [2.45, 2.75) is 18.6 Å². The summed E-state index contributed by atoms with van der Waals surface area (Å²) in [5.41, 5.74) is 1.90. The van der Waals surface area contributed by atoms with E-state index < -0.39 is 0 Å².